The zero-order valence-corrected chi connectivity index (χ0v) is 20.6. The fourth-order valence-corrected chi connectivity index (χ4v) is 4.40. The molecule has 0 unspecified atom stereocenters. The Hall–Kier alpha value is -4.43. The van der Waals surface area contributed by atoms with Crippen LogP contribution in [0.4, 0.5) is 5.82 Å². The number of aromatic nitrogens is 1. The lowest BCUT2D eigenvalue weighted by Crippen LogP contribution is -2.46. The Morgan fingerprint density at radius 1 is 0.811 bits per heavy atom. The van der Waals surface area contributed by atoms with E-state index in [4.69, 9.17) is 19.8 Å². The summed E-state index contributed by atoms with van der Waals surface area (Å²) < 4.78 is 2.17. The van der Waals surface area contributed by atoms with E-state index in [1.165, 1.54) is 16.7 Å². The number of carbonyl (C=O) groups is 2. The zero-order chi connectivity index (χ0) is 26.4. The van der Waals surface area contributed by atoms with E-state index in [-0.39, 0.29) is 5.43 Å². The third-order valence-corrected chi connectivity index (χ3v) is 6.34. The average molecular weight is 500 g/mol. The summed E-state index contributed by atoms with van der Waals surface area (Å²) in [6.07, 6.45) is 1.91. The standard InChI is InChI=1S/C27H27N3O.C2H2O4/c1-21-7-9-22(10-8-21)20-28-15-17-29(18-16-28)27-19-25(23-5-3-2-4-6-23)26-12-11-24(31)13-14-30(26)27;3-1(4)2(5)6/h2-14,19H,15-18,20H2,1H3;(H,3,4)(H,5,6). The first kappa shape index (κ1) is 25.7. The molecule has 0 amide bonds. The molecule has 1 saturated heterocycles. The van der Waals surface area contributed by atoms with Crippen molar-refractivity contribution in [1.82, 2.24) is 9.30 Å². The van der Waals surface area contributed by atoms with Crippen LogP contribution in [0.1, 0.15) is 11.1 Å². The lowest BCUT2D eigenvalue weighted by atomic mass is 10.1. The number of hydrogen-bond acceptors (Lipinski definition) is 5. The average Bonchev–Trinajstić information content (AvgIpc) is 3.16. The van der Waals surface area contributed by atoms with E-state index >= 15 is 0 Å². The number of hydrogen-bond donors (Lipinski definition) is 2. The molecule has 0 aliphatic carbocycles. The third kappa shape index (κ3) is 6.42. The minimum Gasteiger partial charge on any atom is -0.473 e. The number of anilines is 1. The van der Waals surface area contributed by atoms with Crippen molar-refractivity contribution >= 4 is 23.3 Å². The summed E-state index contributed by atoms with van der Waals surface area (Å²) in [5.41, 5.74) is 6.09. The van der Waals surface area contributed by atoms with Gasteiger partial charge in [0.15, 0.2) is 5.43 Å². The normalized spacial score (nSPS) is 13.6. The number of fused-ring (bicyclic) bond motifs is 1. The van der Waals surface area contributed by atoms with Crippen molar-refractivity contribution in [3.05, 3.63) is 106 Å². The van der Waals surface area contributed by atoms with Crippen LogP contribution in [0.25, 0.3) is 16.6 Å². The quantitative estimate of drug-likeness (QED) is 0.412. The smallest absolute Gasteiger partial charge is 0.414 e. The van der Waals surface area contributed by atoms with Gasteiger partial charge in [-0.1, -0.05) is 60.2 Å². The van der Waals surface area contributed by atoms with Gasteiger partial charge in [0.25, 0.3) is 0 Å². The third-order valence-electron chi connectivity index (χ3n) is 6.34. The number of benzene rings is 2. The highest BCUT2D eigenvalue weighted by molar-refractivity contribution is 6.27. The summed E-state index contributed by atoms with van der Waals surface area (Å²) in [6.45, 7) is 7.10. The Balaban J connectivity index is 0.000000480. The molecule has 3 heterocycles. The van der Waals surface area contributed by atoms with Gasteiger partial charge in [-0.05, 0) is 36.2 Å². The minimum atomic E-state index is -1.82. The van der Waals surface area contributed by atoms with Gasteiger partial charge >= 0.3 is 11.9 Å². The van der Waals surface area contributed by atoms with Crippen LogP contribution in [-0.4, -0.2) is 57.6 Å². The van der Waals surface area contributed by atoms with E-state index in [0.717, 1.165) is 49.6 Å². The molecule has 0 bridgehead atoms. The van der Waals surface area contributed by atoms with Crippen molar-refractivity contribution in [3.8, 4) is 11.1 Å². The first-order chi connectivity index (χ1) is 17.8. The number of carboxylic acids is 2. The largest absolute Gasteiger partial charge is 0.473 e. The molecule has 8 nitrogen and oxygen atoms in total. The molecule has 37 heavy (non-hydrogen) atoms. The SMILES string of the molecule is Cc1ccc(CN2CCN(c3cc(-c4ccccc4)c4ccc(=O)ccn34)CC2)cc1.O=C(O)C(=O)O. The van der Waals surface area contributed by atoms with E-state index in [1.807, 2.05) is 18.3 Å². The fraction of sp³-hybridized carbons (Fsp3) is 0.207. The summed E-state index contributed by atoms with van der Waals surface area (Å²) in [7, 11) is 0. The molecule has 8 heteroatoms. The second-order valence-corrected chi connectivity index (χ2v) is 8.95. The van der Waals surface area contributed by atoms with Gasteiger partial charge in [0.2, 0.25) is 0 Å². The Morgan fingerprint density at radius 2 is 1.46 bits per heavy atom. The predicted molar refractivity (Wildman–Crippen MR) is 143 cm³/mol. The maximum Gasteiger partial charge on any atom is 0.414 e. The molecule has 0 radical (unpaired) electrons. The molecule has 2 aromatic carbocycles. The number of rotatable bonds is 4. The number of carboxylic acid groups (broad SMARTS) is 2. The number of nitrogens with zero attached hydrogens (tertiary/aromatic N) is 3. The minimum absolute atomic E-state index is 0.0246. The van der Waals surface area contributed by atoms with E-state index < -0.39 is 11.9 Å². The molecule has 4 aromatic rings. The van der Waals surface area contributed by atoms with Crippen LogP contribution >= 0.6 is 0 Å². The Kier molecular flexibility index (Phi) is 8.00. The highest BCUT2D eigenvalue weighted by Crippen LogP contribution is 2.32. The van der Waals surface area contributed by atoms with Gasteiger partial charge in [0.05, 0.1) is 5.52 Å². The van der Waals surface area contributed by atoms with Gasteiger partial charge in [-0.3, -0.25) is 9.69 Å². The molecular weight excluding hydrogens is 470 g/mol. The van der Waals surface area contributed by atoms with Crippen molar-refractivity contribution in [2.75, 3.05) is 31.1 Å². The summed E-state index contributed by atoms with van der Waals surface area (Å²) in [4.78, 5) is 35.2. The van der Waals surface area contributed by atoms with Crippen molar-refractivity contribution < 1.29 is 19.8 Å². The number of aliphatic carboxylic acids is 2. The monoisotopic (exact) mass is 499 g/mol. The first-order valence-corrected chi connectivity index (χ1v) is 12.0. The highest BCUT2D eigenvalue weighted by Gasteiger charge is 2.21. The molecule has 1 fully saturated rings. The topological polar surface area (TPSA) is 103 Å². The lowest BCUT2D eigenvalue weighted by Gasteiger charge is -2.35. The Bertz CT molecular complexity index is 1430. The van der Waals surface area contributed by atoms with Crippen molar-refractivity contribution in [2.45, 2.75) is 13.5 Å². The predicted octanol–water partition coefficient (Wildman–Crippen LogP) is 3.75. The molecule has 2 N–H and O–H groups in total. The van der Waals surface area contributed by atoms with Gasteiger partial charge < -0.3 is 19.5 Å². The molecule has 5 rings (SSSR count). The Morgan fingerprint density at radius 3 is 2.08 bits per heavy atom. The van der Waals surface area contributed by atoms with Crippen molar-refractivity contribution in [1.29, 1.82) is 0 Å². The lowest BCUT2D eigenvalue weighted by molar-refractivity contribution is -0.159. The van der Waals surface area contributed by atoms with Crippen LogP contribution in [0.15, 0.2) is 89.9 Å². The maximum absolute atomic E-state index is 12.0. The zero-order valence-electron chi connectivity index (χ0n) is 20.6. The van der Waals surface area contributed by atoms with Crippen LogP contribution in [0.3, 0.4) is 0 Å². The molecule has 1 aliphatic rings. The van der Waals surface area contributed by atoms with Crippen molar-refractivity contribution in [2.24, 2.45) is 0 Å². The van der Waals surface area contributed by atoms with E-state index in [9.17, 15) is 4.79 Å². The van der Waals surface area contributed by atoms with Crippen molar-refractivity contribution in [3.63, 3.8) is 0 Å². The first-order valence-electron chi connectivity index (χ1n) is 12.0. The molecule has 0 spiro atoms. The molecule has 1 aliphatic heterocycles. The van der Waals surface area contributed by atoms with Crippen LogP contribution in [0.2, 0.25) is 0 Å². The summed E-state index contributed by atoms with van der Waals surface area (Å²) in [5.74, 6) is -2.50. The van der Waals surface area contributed by atoms with Crippen LogP contribution in [-0.2, 0) is 16.1 Å². The fourth-order valence-electron chi connectivity index (χ4n) is 4.40. The van der Waals surface area contributed by atoms with E-state index in [0.29, 0.717) is 0 Å². The van der Waals surface area contributed by atoms with Crippen LogP contribution in [0.5, 0.6) is 0 Å². The highest BCUT2D eigenvalue weighted by atomic mass is 16.4. The molecule has 190 valence electrons. The van der Waals surface area contributed by atoms with E-state index in [2.05, 4.69) is 75.7 Å². The van der Waals surface area contributed by atoms with Gasteiger partial charge in [-0.2, -0.15) is 0 Å². The summed E-state index contributed by atoms with van der Waals surface area (Å²) in [6, 6.07) is 26.8. The molecule has 0 atom stereocenters. The van der Waals surface area contributed by atoms with Gasteiger partial charge in [0, 0.05) is 50.6 Å². The van der Waals surface area contributed by atoms with E-state index in [1.54, 1.807) is 12.1 Å². The van der Waals surface area contributed by atoms with Gasteiger partial charge in [0.1, 0.15) is 5.82 Å². The van der Waals surface area contributed by atoms with Gasteiger partial charge in [-0.25, -0.2) is 9.59 Å². The second-order valence-electron chi connectivity index (χ2n) is 8.95. The number of piperazine rings is 1. The number of aryl methyl sites for hydroxylation is 1. The molecule has 2 aromatic heterocycles. The maximum atomic E-state index is 12.0. The summed E-state index contributed by atoms with van der Waals surface area (Å²) in [5, 5.41) is 14.8. The van der Waals surface area contributed by atoms with Crippen LogP contribution in [0, 0.1) is 6.92 Å². The Labute approximate surface area is 214 Å². The molecule has 0 saturated carbocycles. The molecular formula is C29H29N3O5. The summed E-state index contributed by atoms with van der Waals surface area (Å²) >= 11 is 0. The van der Waals surface area contributed by atoms with Crippen LogP contribution < -0.4 is 10.3 Å². The van der Waals surface area contributed by atoms with Gasteiger partial charge in [-0.15, -0.1) is 0 Å². The second kappa shape index (κ2) is 11.5.